The Bertz CT molecular complexity index is 1200. The Balaban J connectivity index is 1.44. The van der Waals surface area contributed by atoms with Crippen molar-refractivity contribution >= 4 is 11.9 Å². The fourth-order valence-corrected chi connectivity index (χ4v) is 3.11. The predicted molar refractivity (Wildman–Crippen MR) is 115 cm³/mol. The first-order valence-electron chi connectivity index (χ1n) is 9.89. The molecule has 2 heterocycles. The lowest BCUT2D eigenvalue weighted by Gasteiger charge is -2.10. The maximum Gasteiger partial charge on any atom is 0.280 e. The van der Waals surface area contributed by atoms with Crippen LogP contribution in [0.15, 0.2) is 59.4 Å². The van der Waals surface area contributed by atoms with Crippen molar-refractivity contribution in [1.29, 1.82) is 0 Å². The second-order valence-electron chi connectivity index (χ2n) is 7.33. The van der Waals surface area contributed by atoms with Crippen molar-refractivity contribution < 1.29 is 14.1 Å². The number of aromatic nitrogens is 4. The highest BCUT2D eigenvalue weighted by Crippen LogP contribution is 2.23. The number of anilines is 1. The molecule has 0 atom stereocenters. The number of amides is 1. The number of hydrogen-bond acceptors (Lipinski definition) is 6. The number of benzene rings is 2. The number of hydrogen-bond donors (Lipinski definition) is 1. The van der Waals surface area contributed by atoms with Crippen molar-refractivity contribution in [3.63, 3.8) is 0 Å². The van der Waals surface area contributed by atoms with Gasteiger partial charge in [0, 0.05) is 0 Å². The summed E-state index contributed by atoms with van der Waals surface area (Å²) < 4.78 is 12.8. The molecular formula is C23H23N5O3. The Hall–Kier alpha value is -3.94. The van der Waals surface area contributed by atoms with Gasteiger partial charge in [0.2, 0.25) is 5.95 Å². The quantitative estimate of drug-likeness (QED) is 0.487. The minimum Gasteiger partial charge on any atom is -0.488 e. The predicted octanol–water partition coefficient (Wildman–Crippen LogP) is 4.07. The molecule has 8 heteroatoms. The molecule has 8 nitrogen and oxygen atoms in total. The number of aryl methyl sites for hydroxylation is 3. The molecule has 31 heavy (non-hydrogen) atoms. The molecule has 0 aliphatic heterocycles. The highest BCUT2D eigenvalue weighted by molar-refractivity contribution is 6.02. The number of nitrogens with one attached hydrogen (secondary N) is 1. The van der Waals surface area contributed by atoms with E-state index in [1.807, 2.05) is 62.4 Å². The summed E-state index contributed by atoms with van der Waals surface area (Å²) in [5.41, 5.74) is 3.93. The van der Waals surface area contributed by atoms with Crippen molar-refractivity contribution in [3.8, 4) is 5.75 Å². The lowest BCUT2D eigenvalue weighted by atomic mass is 10.1. The summed E-state index contributed by atoms with van der Waals surface area (Å²) in [6.07, 6.45) is 1.57. The van der Waals surface area contributed by atoms with E-state index < -0.39 is 5.91 Å². The van der Waals surface area contributed by atoms with E-state index in [1.165, 1.54) is 0 Å². The summed E-state index contributed by atoms with van der Waals surface area (Å²) in [7, 11) is 0. The molecule has 2 aromatic carbocycles. The highest BCUT2D eigenvalue weighted by atomic mass is 16.5. The van der Waals surface area contributed by atoms with Crippen LogP contribution < -0.4 is 10.1 Å². The van der Waals surface area contributed by atoms with Gasteiger partial charge in [-0.25, -0.2) is 9.67 Å². The van der Waals surface area contributed by atoms with Crippen molar-refractivity contribution in [2.45, 2.75) is 33.9 Å². The lowest BCUT2D eigenvalue weighted by molar-refractivity contribution is 0.101. The van der Waals surface area contributed by atoms with Gasteiger partial charge in [0.25, 0.3) is 5.91 Å². The molecule has 0 aliphatic carbocycles. The van der Waals surface area contributed by atoms with E-state index in [4.69, 9.17) is 9.26 Å². The van der Waals surface area contributed by atoms with Gasteiger partial charge in [0.15, 0.2) is 5.69 Å². The molecular weight excluding hydrogens is 394 g/mol. The maximum absolute atomic E-state index is 12.8. The van der Waals surface area contributed by atoms with Crippen LogP contribution in [0.2, 0.25) is 0 Å². The molecule has 0 spiro atoms. The molecule has 1 N–H and O–H groups in total. The third kappa shape index (κ3) is 4.80. The van der Waals surface area contributed by atoms with E-state index in [0.29, 0.717) is 17.9 Å². The average Bonchev–Trinajstić information content (AvgIpc) is 3.35. The number of ether oxygens (including phenoxy) is 1. The normalized spacial score (nSPS) is 10.8. The maximum atomic E-state index is 12.8. The minimum atomic E-state index is -0.450. The molecule has 0 unspecified atom stereocenters. The van der Waals surface area contributed by atoms with Gasteiger partial charge in [-0.05, 0) is 43.5 Å². The number of rotatable bonds is 7. The van der Waals surface area contributed by atoms with E-state index in [0.717, 1.165) is 22.4 Å². The summed E-state index contributed by atoms with van der Waals surface area (Å²) in [6.45, 7) is 6.44. The smallest absolute Gasteiger partial charge is 0.280 e. The Morgan fingerprint density at radius 2 is 1.94 bits per heavy atom. The Kier molecular flexibility index (Phi) is 5.79. The first-order chi connectivity index (χ1) is 15.0. The van der Waals surface area contributed by atoms with Crippen LogP contribution in [0.3, 0.4) is 0 Å². The molecule has 2 aromatic heterocycles. The van der Waals surface area contributed by atoms with Crippen molar-refractivity contribution in [1.82, 2.24) is 19.9 Å². The lowest BCUT2D eigenvalue weighted by Crippen LogP contribution is -2.16. The third-order valence-corrected chi connectivity index (χ3v) is 4.86. The van der Waals surface area contributed by atoms with Crippen LogP contribution in [0.4, 0.5) is 5.95 Å². The molecule has 0 aliphatic rings. The van der Waals surface area contributed by atoms with Crippen LogP contribution in [-0.2, 0) is 13.2 Å². The van der Waals surface area contributed by atoms with Gasteiger partial charge in [-0.3, -0.25) is 10.1 Å². The van der Waals surface area contributed by atoms with E-state index in [-0.39, 0.29) is 18.2 Å². The van der Waals surface area contributed by atoms with Crippen molar-refractivity contribution in [2.75, 3.05) is 5.32 Å². The van der Waals surface area contributed by atoms with E-state index in [9.17, 15) is 4.79 Å². The van der Waals surface area contributed by atoms with Crippen LogP contribution in [0.25, 0.3) is 0 Å². The average molecular weight is 417 g/mol. The Morgan fingerprint density at radius 3 is 2.74 bits per heavy atom. The third-order valence-electron chi connectivity index (χ3n) is 4.86. The molecule has 0 saturated carbocycles. The molecule has 158 valence electrons. The first-order valence-corrected chi connectivity index (χ1v) is 9.89. The van der Waals surface area contributed by atoms with Crippen molar-refractivity contribution in [2.24, 2.45) is 0 Å². The van der Waals surface area contributed by atoms with Gasteiger partial charge < -0.3 is 9.26 Å². The fourth-order valence-electron chi connectivity index (χ4n) is 3.11. The SMILES string of the molecule is Cc1ccc(C)c(OCc2c(C(=O)Nc3ncn(Cc4ccccc4)n3)noc2C)c1. The Morgan fingerprint density at radius 1 is 1.13 bits per heavy atom. The van der Waals surface area contributed by atoms with Gasteiger partial charge in [-0.1, -0.05) is 47.6 Å². The fraction of sp³-hybridized carbons (Fsp3) is 0.217. The van der Waals surface area contributed by atoms with Crippen LogP contribution in [0.1, 0.15) is 38.5 Å². The van der Waals surface area contributed by atoms with Gasteiger partial charge >= 0.3 is 0 Å². The molecule has 4 rings (SSSR count). The van der Waals surface area contributed by atoms with Gasteiger partial charge in [-0.2, -0.15) is 0 Å². The Labute approximate surface area is 179 Å². The summed E-state index contributed by atoms with van der Waals surface area (Å²) in [5, 5.41) is 10.9. The summed E-state index contributed by atoms with van der Waals surface area (Å²) in [6, 6.07) is 15.9. The molecule has 0 radical (unpaired) electrons. The monoisotopic (exact) mass is 417 g/mol. The molecule has 1 amide bonds. The highest BCUT2D eigenvalue weighted by Gasteiger charge is 2.22. The van der Waals surface area contributed by atoms with Crippen molar-refractivity contribution in [3.05, 3.63) is 88.6 Å². The van der Waals surface area contributed by atoms with E-state index >= 15 is 0 Å². The minimum absolute atomic E-state index is 0.155. The first kappa shape index (κ1) is 20.3. The van der Waals surface area contributed by atoms with Crippen LogP contribution in [0, 0.1) is 20.8 Å². The second-order valence-corrected chi connectivity index (χ2v) is 7.33. The van der Waals surface area contributed by atoms with Gasteiger partial charge in [-0.15, -0.1) is 5.10 Å². The van der Waals surface area contributed by atoms with E-state index in [2.05, 4.69) is 20.6 Å². The van der Waals surface area contributed by atoms with E-state index in [1.54, 1.807) is 17.9 Å². The standard InChI is InChI=1S/C23H23N5O3/c1-15-9-10-16(2)20(11-15)30-13-19-17(3)31-27-21(19)22(29)25-23-24-14-28(26-23)12-18-7-5-4-6-8-18/h4-11,14H,12-13H2,1-3H3,(H,25,26,29). The number of nitrogens with zero attached hydrogens (tertiary/aromatic N) is 4. The zero-order valence-corrected chi connectivity index (χ0v) is 17.6. The topological polar surface area (TPSA) is 95.1 Å². The molecule has 0 bridgehead atoms. The van der Waals surface area contributed by atoms with Gasteiger partial charge in [0.05, 0.1) is 12.1 Å². The zero-order valence-electron chi connectivity index (χ0n) is 17.6. The summed E-state index contributed by atoms with van der Waals surface area (Å²) in [5.74, 6) is 1.03. The molecule has 0 fully saturated rings. The van der Waals surface area contributed by atoms with Crippen LogP contribution in [0.5, 0.6) is 5.75 Å². The second kappa shape index (κ2) is 8.83. The summed E-state index contributed by atoms with van der Waals surface area (Å²) in [4.78, 5) is 16.9. The number of carbonyl (C=O) groups is 1. The van der Waals surface area contributed by atoms with Gasteiger partial charge in [0.1, 0.15) is 24.4 Å². The van der Waals surface area contributed by atoms with Crippen LogP contribution >= 0.6 is 0 Å². The largest absolute Gasteiger partial charge is 0.488 e. The molecule has 0 saturated heterocycles. The summed E-state index contributed by atoms with van der Waals surface area (Å²) >= 11 is 0. The molecule has 4 aromatic rings. The van der Waals surface area contributed by atoms with Crippen LogP contribution in [-0.4, -0.2) is 25.8 Å². The number of carbonyl (C=O) groups excluding carboxylic acids is 1. The zero-order chi connectivity index (χ0) is 21.8.